The van der Waals surface area contributed by atoms with Crippen molar-refractivity contribution in [2.24, 2.45) is 0 Å². The second-order valence-corrected chi connectivity index (χ2v) is 10.2. The fourth-order valence-electron chi connectivity index (χ4n) is 3.47. The van der Waals surface area contributed by atoms with Gasteiger partial charge in [0.15, 0.2) is 0 Å². The van der Waals surface area contributed by atoms with E-state index >= 15 is 0 Å². The number of hydrogen-bond donors (Lipinski definition) is 2. The van der Waals surface area contributed by atoms with Crippen LogP contribution in [0.5, 0.6) is 5.75 Å². The molecule has 0 radical (unpaired) electrons. The van der Waals surface area contributed by atoms with Crippen LogP contribution in [-0.4, -0.2) is 47.4 Å². The first kappa shape index (κ1) is 23.7. The van der Waals surface area contributed by atoms with Crippen LogP contribution in [0.4, 0.5) is 5.69 Å². The number of aromatic hydroxyl groups is 1. The summed E-state index contributed by atoms with van der Waals surface area (Å²) in [5.74, 6) is 0.536. The van der Waals surface area contributed by atoms with Gasteiger partial charge in [0, 0.05) is 33.5 Å². The van der Waals surface area contributed by atoms with Gasteiger partial charge in [0.25, 0.3) is 0 Å². The molecular weight excluding hydrogens is 428 g/mol. The number of hydrogen-bond acceptors (Lipinski definition) is 5. The highest BCUT2D eigenvalue weighted by atomic mass is 32.2. The normalized spacial score (nSPS) is 11.9. The van der Waals surface area contributed by atoms with Gasteiger partial charge in [-0.15, -0.1) is 0 Å². The van der Waals surface area contributed by atoms with Gasteiger partial charge in [-0.1, -0.05) is 19.4 Å². The number of nitrogens with one attached hydrogen (secondary N) is 1. The number of phenolic OH excluding ortho intramolecular Hbond substituents is 1. The molecule has 8 nitrogen and oxygen atoms in total. The Morgan fingerprint density at radius 3 is 2.59 bits per heavy atom. The van der Waals surface area contributed by atoms with E-state index in [4.69, 9.17) is 0 Å². The first-order valence-electron chi connectivity index (χ1n) is 10.6. The molecule has 0 aliphatic rings. The molecule has 0 unspecified atom stereocenters. The van der Waals surface area contributed by atoms with E-state index in [1.165, 1.54) is 18.4 Å². The molecule has 0 saturated heterocycles. The average Bonchev–Trinajstić information content (AvgIpc) is 3.09. The summed E-state index contributed by atoms with van der Waals surface area (Å²) in [6.45, 7) is 4.70. The molecule has 3 aromatic rings. The largest absolute Gasteiger partial charge is 0.506 e. The zero-order valence-corrected chi connectivity index (χ0v) is 19.7. The van der Waals surface area contributed by atoms with Gasteiger partial charge < -0.3 is 15.0 Å². The van der Waals surface area contributed by atoms with Crippen LogP contribution in [-0.2, 0) is 27.8 Å². The number of benzene rings is 2. The Hall–Kier alpha value is -2.91. The number of amides is 1. The Balaban J connectivity index is 1.84. The number of imidazole rings is 1. The van der Waals surface area contributed by atoms with Crippen molar-refractivity contribution in [1.29, 1.82) is 0 Å². The fourth-order valence-corrected chi connectivity index (χ4v) is 4.39. The van der Waals surface area contributed by atoms with Crippen molar-refractivity contribution in [1.82, 2.24) is 13.9 Å². The predicted molar refractivity (Wildman–Crippen MR) is 125 cm³/mol. The number of nitrogens with zero attached hydrogens (tertiary/aromatic N) is 3. The number of phenols is 1. The summed E-state index contributed by atoms with van der Waals surface area (Å²) < 4.78 is 28.2. The van der Waals surface area contributed by atoms with Crippen molar-refractivity contribution in [3.8, 4) is 5.75 Å². The second kappa shape index (κ2) is 9.70. The van der Waals surface area contributed by atoms with Crippen LogP contribution in [0.2, 0.25) is 0 Å². The van der Waals surface area contributed by atoms with Gasteiger partial charge in [-0.25, -0.2) is 17.7 Å². The van der Waals surface area contributed by atoms with E-state index in [9.17, 15) is 18.3 Å². The lowest BCUT2D eigenvalue weighted by atomic mass is 10.2. The van der Waals surface area contributed by atoms with Crippen LogP contribution < -0.4 is 5.32 Å². The minimum Gasteiger partial charge on any atom is -0.506 e. The topological polar surface area (TPSA) is 105 Å². The summed E-state index contributed by atoms with van der Waals surface area (Å²) in [4.78, 5) is 17.3. The van der Waals surface area contributed by atoms with E-state index in [0.717, 1.165) is 36.3 Å². The van der Waals surface area contributed by atoms with Gasteiger partial charge in [0.1, 0.15) is 11.6 Å². The maximum Gasteiger partial charge on any atom is 0.242 e. The predicted octanol–water partition coefficient (Wildman–Crippen LogP) is 3.67. The summed E-state index contributed by atoms with van der Waals surface area (Å²) in [6, 6.07) is 10.0. The monoisotopic (exact) mass is 458 g/mol. The van der Waals surface area contributed by atoms with Crippen molar-refractivity contribution in [3.63, 3.8) is 0 Å². The van der Waals surface area contributed by atoms with E-state index in [0.29, 0.717) is 17.6 Å². The van der Waals surface area contributed by atoms with Crippen LogP contribution in [0, 0.1) is 6.92 Å². The van der Waals surface area contributed by atoms with Crippen LogP contribution in [0.1, 0.15) is 37.6 Å². The minimum absolute atomic E-state index is 0.0307. The third-order valence-corrected chi connectivity index (χ3v) is 7.13. The third-order valence-electron chi connectivity index (χ3n) is 5.32. The molecular formula is C23H30N4O4S. The molecule has 0 spiro atoms. The summed E-state index contributed by atoms with van der Waals surface area (Å²) in [5, 5.41) is 12.7. The van der Waals surface area contributed by atoms with Gasteiger partial charge in [-0.3, -0.25) is 4.79 Å². The molecule has 0 aliphatic carbocycles. The van der Waals surface area contributed by atoms with Crippen molar-refractivity contribution in [3.05, 3.63) is 47.8 Å². The van der Waals surface area contributed by atoms with E-state index in [1.54, 1.807) is 30.3 Å². The highest BCUT2D eigenvalue weighted by Crippen LogP contribution is 2.25. The SMILES string of the molecule is CCCCn1c(CCC(=O)Nc2ccc(C)cc2O)nc2cc(S(=O)(=O)N(C)C)ccc21. The molecule has 0 saturated carbocycles. The van der Waals surface area contributed by atoms with Gasteiger partial charge >= 0.3 is 0 Å². The molecule has 3 rings (SSSR count). The van der Waals surface area contributed by atoms with E-state index in [-0.39, 0.29) is 23.0 Å². The molecule has 172 valence electrons. The Morgan fingerprint density at radius 2 is 1.94 bits per heavy atom. The molecule has 32 heavy (non-hydrogen) atoms. The molecule has 0 bridgehead atoms. The molecule has 1 aromatic heterocycles. The van der Waals surface area contributed by atoms with E-state index < -0.39 is 10.0 Å². The standard InChI is InChI=1S/C23H30N4O4S/c1-5-6-13-27-20-10-8-17(32(30,31)26(3)4)15-19(20)24-22(27)11-12-23(29)25-18-9-7-16(2)14-21(18)28/h7-10,14-15,28H,5-6,11-13H2,1-4H3,(H,25,29). The Kier molecular flexibility index (Phi) is 7.20. The number of aromatic nitrogens is 2. The van der Waals surface area contributed by atoms with Gasteiger partial charge in [-0.05, 0) is 49.2 Å². The second-order valence-electron chi connectivity index (χ2n) is 8.04. The number of sulfonamides is 1. The molecule has 0 atom stereocenters. The molecule has 1 heterocycles. The van der Waals surface area contributed by atoms with Gasteiger partial charge in [-0.2, -0.15) is 0 Å². The summed E-state index contributed by atoms with van der Waals surface area (Å²) in [7, 11) is -0.570. The van der Waals surface area contributed by atoms with Crippen LogP contribution in [0.3, 0.4) is 0 Å². The van der Waals surface area contributed by atoms with E-state index in [1.807, 2.05) is 13.0 Å². The maximum atomic E-state index is 12.5. The van der Waals surface area contributed by atoms with E-state index in [2.05, 4.69) is 21.8 Å². The minimum atomic E-state index is -3.56. The van der Waals surface area contributed by atoms with Crippen LogP contribution in [0.25, 0.3) is 11.0 Å². The number of anilines is 1. The molecule has 0 aliphatic heterocycles. The zero-order chi connectivity index (χ0) is 23.5. The number of carbonyl (C=O) groups excluding carboxylic acids is 1. The van der Waals surface area contributed by atoms with Crippen molar-refractivity contribution >= 4 is 32.7 Å². The van der Waals surface area contributed by atoms with Gasteiger partial charge in [0.05, 0.1) is 21.6 Å². The van der Waals surface area contributed by atoms with Crippen LogP contribution in [0.15, 0.2) is 41.3 Å². The number of fused-ring (bicyclic) bond motifs is 1. The Labute approximate surface area is 188 Å². The molecule has 1 amide bonds. The lowest BCUT2D eigenvalue weighted by Crippen LogP contribution is -2.22. The lowest BCUT2D eigenvalue weighted by molar-refractivity contribution is -0.116. The molecule has 2 N–H and O–H groups in total. The number of carbonyl (C=O) groups is 1. The average molecular weight is 459 g/mol. The molecule has 9 heteroatoms. The quantitative estimate of drug-likeness (QED) is 0.476. The van der Waals surface area contributed by atoms with Crippen LogP contribution >= 0.6 is 0 Å². The van der Waals surface area contributed by atoms with Gasteiger partial charge in [0.2, 0.25) is 15.9 Å². The fraction of sp³-hybridized carbons (Fsp3) is 0.391. The van der Waals surface area contributed by atoms with Crippen molar-refractivity contribution < 1.29 is 18.3 Å². The summed E-state index contributed by atoms with van der Waals surface area (Å²) in [5.41, 5.74) is 2.72. The summed E-state index contributed by atoms with van der Waals surface area (Å²) in [6.07, 6.45) is 2.53. The molecule has 2 aromatic carbocycles. The number of unbranched alkanes of at least 4 members (excludes halogenated alkanes) is 1. The number of rotatable bonds is 9. The maximum absolute atomic E-state index is 12.5. The lowest BCUT2D eigenvalue weighted by Gasteiger charge is -2.12. The van der Waals surface area contributed by atoms with Crippen molar-refractivity contribution in [2.45, 2.75) is 51.0 Å². The number of aryl methyl sites for hydroxylation is 3. The molecule has 0 fully saturated rings. The zero-order valence-electron chi connectivity index (χ0n) is 18.9. The summed E-state index contributed by atoms with van der Waals surface area (Å²) >= 11 is 0. The highest BCUT2D eigenvalue weighted by molar-refractivity contribution is 7.89. The highest BCUT2D eigenvalue weighted by Gasteiger charge is 2.20. The smallest absolute Gasteiger partial charge is 0.242 e. The Bertz CT molecular complexity index is 1230. The first-order valence-corrected chi connectivity index (χ1v) is 12.1. The van der Waals surface area contributed by atoms with Crippen molar-refractivity contribution in [2.75, 3.05) is 19.4 Å². The Morgan fingerprint density at radius 1 is 1.19 bits per heavy atom. The first-order chi connectivity index (χ1) is 15.1. The third kappa shape index (κ3) is 5.11.